The second-order valence-corrected chi connectivity index (χ2v) is 11.5. The molecule has 1 atom stereocenters. The number of H-pyrrole nitrogens is 1. The third kappa shape index (κ3) is 4.93. The molecule has 6 nitrogen and oxygen atoms in total. The SMILES string of the molecule is CCc1cc(-c2ccc(S(=O)(=O)N3CCCCC3N3CCCCC3)s2)c(C)[nH]c1=O.Cl. The topological polar surface area (TPSA) is 73.5 Å². The van der Waals surface area contributed by atoms with Gasteiger partial charge in [-0.15, -0.1) is 23.7 Å². The molecule has 0 bridgehead atoms. The lowest BCUT2D eigenvalue weighted by atomic mass is 10.1. The van der Waals surface area contributed by atoms with E-state index in [9.17, 15) is 13.2 Å². The minimum absolute atomic E-state index is 0. The van der Waals surface area contributed by atoms with Gasteiger partial charge in [-0.05, 0) is 76.7 Å². The Morgan fingerprint density at radius 2 is 1.81 bits per heavy atom. The summed E-state index contributed by atoms with van der Waals surface area (Å²) in [4.78, 5) is 18.2. The van der Waals surface area contributed by atoms with Crippen molar-refractivity contribution in [3.63, 3.8) is 0 Å². The lowest BCUT2D eigenvalue weighted by Gasteiger charge is -2.43. The number of likely N-dealkylation sites (tertiary alicyclic amines) is 1. The number of rotatable bonds is 5. The maximum Gasteiger partial charge on any atom is 0.253 e. The zero-order valence-electron chi connectivity index (χ0n) is 18.2. The van der Waals surface area contributed by atoms with E-state index in [1.54, 1.807) is 10.4 Å². The van der Waals surface area contributed by atoms with Crippen LogP contribution in [0.15, 0.2) is 27.2 Å². The molecule has 2 fully saturated rings. The van der Waals surface area contributed by atoms with Crippen molar-refractivity contribution >= 4 is 33.8 Å². The van der Waals surface area contributed by atoms with Gasteiger partial charge in [-0.3, -0.25) is 9.69 Å². The van der Waals surface area contributed by atoms with Crippen LogP contribution in [0.25, 0.3) is 10.4 Å². The second-order valence-electron chi connectivity index (χ2n) is 8.32. The number of aryl methyl sites for hydroxylation is 2. The van der Waals surface area contributed by atoms with Crippen molar-refractivity contribution in [2.45, 2.75) is 69.2 Å². The number of thiophene rings is 1. The van der Waals surface area contributed by atoms with Crippen molar-refractivity contribution in [1.29, 1.82) is 0 Å². The van der Waals surface area contributed by atoms with E-state index in [2.05, 4.69) is 9.88 Å². The molecule has 9 heteroatoms. The van der Waals surface area contributed by atoms with E-state index >= 15 is 0 Å². The molecule has 4 rings (SSSR count). The third-order valence-electron chi connectivity index (χ3n) is 6.34. The lowest BCUT2D eigenvalue weighted by molar-refractivity contribution is 0.0545. The molecule has 2 saturated heterocycles. The minimum Gasteiger partial charge on any atom is -0.326 e. The normalized spacial score (nSPS) is 21.0. The molecule has 4 heterocycles. The summed E-state index contributed by atoms with van der Waals surface area (Å²) in [6.45, 7) is 6.38. The maximum absolute atomic E-state index is 13.6. The zero-order chi connectivity index (χ0) is 21.3. The van der Waals surface area contributed by atoms with E-state index < -0.39 is 10.0 Å². The smallest absolute Gasteiger partial charge is 0.253 e. The molecule has 0 aromatic carbocycles. The van der Waals surface area contributed by atoms with E-state index in [-0.39, 0.29) is 24.1 Å². The molecule has 2 aromatic heterocycles. The first kappa shape index (κ1) is 24.5. The Bertz CT molecular complexity index is 1060. The maximum atomic E-state index is 13.6. The van der Waals surface area contributed by atoms with Crippen LogP contribution in [0, 0.1) is 6.92 Å². The lowest BCUT2D eigenvalue weighted by Crippen LogP contribution is -2.54. The second kappa shape index (κ2) is 10.2. The predicted octanol–water partition coefficient (Wildman–Crippen LogP) is 4.38. The van der Waals surface area contributed by atoms with Gasteiger partial charge in [0.2, 0.25) is 0 Å². The van der Waals surface area contributed by atoms with Crippen LogP contribution in [0.3, 0.4) is 0 Å². The molecule has 2 aromatic rings. The summed E-state index contributed by atoms with van der Waals surface area (Å²) in [7, 11) is -3.55. The Hall–Kier alpha value is -1.19. The molecule has 2 aliphatic heterocycles. The molecule has 1 unspecified atom stereocenters. The number of nitrogens with one attached hydrogen (secondary N) is 1. The number of halogens is 1. The molecule has 0 saturated carbocycles. The highest BCUT2D eigenvalue weighted by Crippen LogP contribution is 2.36. The van der Waals surface area contributed by atoms with Crippen LogP contribution in [0.2, 0.25) is 0 Å². The van der Waals surface area contributed by atoms with E-state index in [1.165, 1.54) is 17.8 Å². The number of hydrogen-bond acceptors (Lipinski definition) is 5. The fourth-order valence-corrected chi connectivity index (χ4v) is 7.84. The molecule has 172 valence electrons. The van der Waals surface area contributed by atoms with Crippen LogP contribution in [0.5, 0.6) is 0 Å². The Balaban J connectivity index is 0.00000272. The Kier molecular flexibility index (Phi) is 8.02. The van der Waals surface area contributed by atoms with Crippen molar-refractivity contribution in [1.82, 2.24) is 14.2 Å². The molecule has 31 heavy (non-hydrogen) atoms. The number of aromatic nitrogens is 1. The highest BCUT2D eigenvalue weighted by Gasteiger charge is 2.37. The first-order valence-electron chi connectivity index (χ1n) is 11.0. The quantitative estimate of drug-likeness (QED) is 0.681. The summed E-state index contributed by atoms with van der Waals surface area (Å²) >= 11 is 1.30. The average Bonchev–Trinajstić information content (AvgIpc) is 3.25. The van der Waals surface area contributed by atoms with Crippen molar-refractivity contribution in [3.05, 3.63) is 39.8 Å². The number of nitrogens with zero attached hydrogens (tertiary/aromatic N) is 2. The van der Waals surface area contributed by atoms with Crippen molar-refractivity contribution in [2.75, 3.05) is 19.6 Å². The Morgan fingerprint density at radius 3 is 2.52 bits per heavy atom. The zero-order valence-corrected chi connectivity index (χ0v) is 20.7. The monoisotopic (exact) mass is 485 g/mol. The van der Waals surface area contributed by atoms with E-state index in [4.69, 9.17) is 0 Å². The van der Waals surface area contributed by atoms with Crippen LogP contribution in [-0.4, -0.2) is 48.4 Å². The van der Waals surface area contributed by atoms with Gasteiger partial charge in [0.25, 0.3) is 15.6 Å². The fraction of sp³-hybridized carbons (Fsp3) is 0.591. The summed E-state index contributed by atoms with van der Waals surface area (Å²) in [5.41, 5.74) is 2.33. The van der Waals surface area contributed by atoms with Crippen LogP contribution in [0.4, 0.5) is 0 Å². The Morgan fingerprint density at radius 1 is 1.10 bits per heavy atom. The largest absolute Gasteiger partial charge is 0.326 e. The van der Waals surface area contributed by atoms with E-state index in [0.717, 1.165) is 66.9 Å². The fourth-order valence-electron chi connectivity index (χ4n) is 4.65. The van der Waals surface area contributed by atoms with Gasteiger partial charge in [-0.1, -0.05) is 13.3 Å². The summed E-state index contributed by atoms with van der Waals surface area (Å²) in [6, 6.07) is 5.50. The van der Waals surface area contributed by atoms with Crippen molar-refractivity contribution in [2.24, 2.45) is 0 Å². The van der Waals surface area contributed by atoms with Gasteiger partial charge in [0.05, 0.1) is 6.17 Å². The molecule has 2 aliphatic rings. The first-order chi connectivity index (χ1) is 14.4. The molecule has 0 radical (unpaired) electrons. The molecule has 0 amide bonds. The summed E-state index contributed by atoms with van der Waals surface area (Å²) in [5, 5.41) is 0. The predicted molar refractivity (Wildman–Crippen MR) is 129 cm³/mol. The van der Waals surface area contributed by atoms with E-state index in [1.807, 2.05) is 26.0 Å². The minimum atomic E-state index is -3.55. The van der Waals surface area contributed by atoms with Crippen LogP contribution in [0.1, 0.15) is 56.7 Å². The van der Waals surface area contributed by atoms with Gasteiger partial charge < -0.3 is 4.98 Å². The Labute approximate surface area is 195 Å². The number of pyridine rings is 1. The van der Waals surface area contributed by atoms with Crippen LogP contribution >= 0.6 is 23.7 Å². The number of aromatic amines is 1. The molecule has 1 N–H and O–H groups in total. The standard InChI is InChI=1S/C22H31N3O3S2.ClH/c1-3-17-15-18(16(2)23-22(17)26)19-10-11-21(29-19)30(27,28)25-14-8-5-9-20(25)24-12-6-4-7-13-24;/h10-11,15,20H,3-9,12-14H2,1-2H3,(H,23,26);1H. The third-order valence-corrected chi connectivity index (χ3v) is 9.82. The van der Waals surface area contributed by atoms with Gasteiger partial charge >= 0.3 is 0 Å². The van der Waals surface area contributed by atoms with Gasteiger partial charge in [0.15, 0.2) is 0 Å². The molecular weight excluding hydrogens is 454 g/mol. The summed E-state index contributed by atoms with van der Waals surface area (Å²) < 4.78 is 29.3. The number of piperidine rings is 2. The average molecular weight is 486 g/mol. The first-order valence-corrected chi connectivity index (χ1v) is 13.3. The highest BCUT2D eigenvalue weighted by atomic mass is 35.5. The molecule has 0 spiro atoms. The van der Waals surface area contributed by atoms with E-state index in [0.29, 0.717) is 17.2 Å². The summed E-state index contributed by atoms with van der Waals surface area (Å²) in [6.07, 6.45) is 7.08. The van der Waals surface area contributed by atoms with Crippen LogP contribution in [-0.2, 0) is 16.4 Å². The van der Waals surface area contributed by atoms with Gasteiger partial charge in [-0.25, -0.2) is 8.42 Å². The molecule has 0 aliphatic carbocycles. The van der Waals surface area contributed by atoms with Crippen molar-refractivity contribution < 1.29 is 8.42 Å². The number of sulfonamides is 1. The summed E-state index contributed by atoms with van der Waals surface area (Å²) in [5.74, 6) is 0. The van der Waals surface area contributed by atoms with Crippen molar-refractivity contribution in [3.8, 4) is 10.4 Å². The molecular formula is C22H32ClN3O3S2. The number of hydrogen-bond donors (Lipinski definition) is 1. The highest BCUT2D eigenvalue weighted by molar-refractivity contribution is 7.91. The van der Waals surface area contributed by atoms with Gasteiger partial charge in [0.1, 0.15) is 4.21 Å². The van der Waals surface area contributed by atoms with Crippen LogP contribution < -0.4 is 5.56 Å². The van der Waals surface area contributed by atoms with Gasteiger partial charge in [0, 0.05) is 28.2 Å². The van der Waals surface area contributed by atoms with Gasteiger partial charge in [-0.2, -0.15) is 4.31 Å².